The normalized spacial score (nSPS) is 12.8. The van der Waals surface area contributed by atoms with Crippen molar-refractivity contribution in [3.05, 3.63) is 6.33 Å². The molecule has 1 heterocycles. The topological polar surface area (TPSA) is 37.8 Å². The summed E-state index contributed by atoms with van der Waals surface area (Å²) in [5.41, 5.74) is 0. The molecule has 1 N–H and O–H groups in total. The van der Waals surface area contributed by atoms with E-state index in [4.69, 9.17) is 11.6 Å². The first-order valence-corrected chi connectivity index (χ1v) is 5.20. The highest BCUT2D eigenvalue weighted by Gasteiger charge is 2.01. The first-order valence-electron chi connectivity index (χ1n) is 3.89. The van der Waals surface area contributed by atoms with E-state index >= 15 is 0 Å². The smallest absolute Gasteiger partial charge is 0.202 e. The standard InChI is InChI=1S/C7H12ClN3S/c1-6(2-3-8)4-9-7-10-5-11-12-7/h5-6H,2-4H2,1H3,(H,9,10,11). The summed E-state index contributed by atoms with van der Waals surface area (Å²) in [5.74, 6) is 1.31. The summed E-state index contributed by atoms with van der Waals surface area (Å²) >= 11 is 6.98. The van der Waals surface area contributed by atoms with E-state index in [1.165, 1.54) is 11.5 Å². The van der Waals surface area contributed by atoms with Crippen LogP contribution in [0.15, 0.2) is 6.33 Å². The number of halogens is 1. The van der Waals surface area contributed by atoms with Crippen molar-refractivity contribution < 1.29 is 0 Å². The van der Waals surface area contributed by atoms with Gasteiger partial charge < -0.3 is 5.32 Å². The van der Waals surface area contributed by atoms with Crippen LogP contribution in [0.5, 0.6) is 0 Å². The summed E-state index contributed by atoms with van der Waals surface area (Å²) in [7, 11) is 0. The molecule has 1 aromatic rings. The van der Waals surface area contributed by atoms with E-state index in [1.807, 2.05) is 0 Å². The number of anilines is 1. The maximum Gasteiger partial charge on any atom is 0.202 e. The van der Waals surface area contributed by atoms with E-state index in [2.05, 4.69) is 21.6 Å². The molecule has 0 bridgehead atoms. The minimum Gasteiger partial charge on any atom is -0.360 e. The van der Waals surface area contributed by atoms with Gasteiger partial charge in [-0.15, -0.1) is 11.6 Å². The van der Waals surface area contributed by atoms with E-state index in [1.54, 1.807) is 6.33 Å². The lowest BCUT2D eigenvalue weighted by Gasteiger charge is -2.08. The summed E-state index contributed by atoms with van der Waals surface area (Å²) in [5, 5.41) is 4.08. The number of aromatic nitrogens is 2. The van der Waals surface area contributed by atoms with Gasteiger partial charge in [0.05, 0.1) is 0 Å². The first-order chi connectivity index (χ1) is 5.83. The maximum atomic E-state index is 5.60. The fourth-order valence-electron chi connectivity index (χ4n) is 0.801. The van der Waals surface area contributed by atoms with Gasteiger partial charge in [0.25, 0.3) is 0 Å². The molecule has 1 aromatic heterocycles. The molecule has 0 saturated carbocycles. The van der Waals surface area contributed by atoms with Crippen LogP contribution in [0.2, 0.25) is 0 Å². The zero-order valence-electron chi connectivity index (χ0n) is 6.96. The number of alkyl halides is 1. The van der Waals surface area contributed by atoms with Crippen LogP contribution in [0.1, 0.15) is 13.3 Å². The van der Waals surface area contributed by atoms with Crippen LogP contribution in [0, 0.1) is 5.92 Å². The van der Waals surface area contributed by atoms with Crippen molar-refractivity contribution in [3.63, 3.8) is 0 Å². The Hall–Kier alpha value is -0.350. The number of nitrogens with zero attached hydrogens (tertiary/aromatic N) is 2. The van der Waals surface area contributed by atoms with Crippen molar-refractivity contribution in [2.24, 2.45) is 5.92 Å². The lowest BCUT2D eigenvalue weighted by Crippen LogP contribution is -2.11. The zero-order chi connectivity index (χ0) is 8.81. The van der Waals surface area contributed by atoms with Gasteiger partial charge in [0.2, 0.25) is 5.13 Å². The van der Waals surface area contributed by atoms with Gasteiger partial charge in [-0.25, -0.2) is 4.98 Å². The molecule has 0 aromatic carbocycles. The zero-order valence-corrected chi connectivity index (χ0v) is 8.53. The molecular weight excluding hydrogens is 194 g/mol. The van der Waals surface area contributed by atoms with Crippen molar-refractivity contribution in [1.82, 2.24) is 9.36 Å². The van der Waals surface area contributed by atoms with Gasteiger partial charge in [0.15, 0.2) is 0 Å². The summed E-state index contributed by atoms with van der Waals surface area (Å²) in [4.78, 5) is 4.01. The molecule has 68 valence electrons. The molecule has 0 spiro atoms. The fourth-order valence-corrected chi connectivity index (χ4v) is 1.61. The molecule has 0 aliphatic heterocycles. The molecule has 0 aliphatic carbocycles. The van der Waals surface area contributed by atoms with Crippen molar-refractivity contribution in [3.8, 4) is 0 Å². The highest BCUT2D eigenvalue weighted by Crippen LogP contribution is 2.09. The molecule has 1 rings (SSSR count). The van der Waals surface area contributed by atoms with E-state index in [0.29, 0.717) is 5.92 Å². The second kappa shape index (κ2) is 5.32. The van der Waals surface area contributed by atoms with Gasteiger partial charge in [0, 0.05) is 24.0 Å². The molecular formula is C7H12ClN3S. The highest BCUT2D eigenvalue weighted by atomic mass is 35.5. The van der Waals surface area contributed by atoms with Crippen molar-refractivity contribution in [2.45, 2.75) is 13.3 Å². The summed E-state index contributed by atoms with van der Waals surface area (Å²) in [6.45, 7) is 3.08. The van der Waals surface area contributed by atoms with Crippen LogP contribution in [0.3, 0.4) is 0 Å². The summed E-state index contributed by atoms with van der Waals surface area (Å²) in [6.07, 6.45) is 2.59. The Bertz CT molecular complexity index is 202. The third kappa shape index (κ3) is 3.36. The molecule has 0 fully saturated rings. The molecule has 12 heavy (non-hydrogen) atoms. The molecule has 5 heteroatoms. The Morgan fingerprint density at radius 2 is 2.58 bits per heavy atom. The van der Waals surface area contributed by atoms with Gasteiger partial charge >= 0.3 is 0 Å². The van der Waals surface area contributed by atoms with E-state index in [9.17, 15) is 0 Å². The Morgan fingerprint density at radius 3 is 3.17 bits per heavy atom. The van der Waals surface area contributed by atoms with E-state index in [-0.39, 0.29) is 0 Å². The van der Waals surface area contributed by atoms with Crippen LogP contribution in [0.25, 0.3) is 0 Å². The maximum absolute atomic E-state index is 5.60. The van der Waals surface area contributed by atoms with Crippen LogP contribution in [-0.2, 0) is 0 Å². The van der Waals surface area contributed by atoms with Crippen molar-refractivity contribution in [2.75, 3.05) is 17.7 Å². The number of rotatable bonds is 5. The number of nitrogens with one attached hydrogen (secondary N) is 1. The van der Waals surface area contributed by atoms with Crippen LogP contribution < -0.4 is 5.32 Å². The third-order valence-electron chi connectivity index (χ3n) is 1.56. The average Bonchev–Trinajstić information content (AvgIpc) is 2.53. The van der Waals surface area contributed by atoms with Gasteiger partial charge in [-0.2, -0.15) is 4.37 Å². The molecule has 0 saturated heterocycles. The lowest BCUT2D eigenvalue weighted by atomic mass is 10.1. The summed E-state index contributed by atoms with van der Waals surface area (Å²) in [6, 6.07) is 0. The average molecular weight is 206 g/mol. The molecule has 0 aliphatic rings. The Kier molecular flexibility index (Phi) is 4.32. The van der Waals surface area contributed by atoms with Crippen LogP contribution in [0.4, 0.5) is 5.13 Å². The largest absolute Gasteiger partial charge is 0.360 e. The second-order valence-corrected chi connectivity index (χ2v) is 3.87. The number of hydrogen-bond acceptors (Lipinski definition) is 4. The van der Waals surface area contributed by atoms with Crippen LogP contribution in [-0.4, -0.2) is 21.8 Å². The molecule has 1 atom stereocenters. The van der Waals surface area contributed by atoms with E-state index < -0.39 is 0 Å². The Balaban J connectivity index is 2.17. The van der Waals surface area contributed by atoms with Crippen LogP contribution >= 0.6 is 23.1 Å². The van der Waals surface area contributed by atoms with Gasteiger partial charge in [0.1, 0.15) is 6.33 Å². The molecule has 0 amide bonds. The molecule has 0 radical (unpaired) electrons. The first kappa shape index (κ1) is 9.74. The lowest BCUT2D eigenvalue weighted by molar-refractivity contribution is 0.597. The monoisotopic (exact) mass is 205 g/mol. The minimum absolute atomic E-state index is 0.589. The quantitative estimate of drug-likeness (QED) is 0.750. The predicted octanol–water partition coefficient (Wildman–Crippen LogP) is 2.21. The SMILES string of the molecule is CC(CCCl)CNc1ncns1. The predicted molar refractivity (Wildman–Crippen MR) is 52.9 cm³/mol. The van der Waals surface area contributed by atoms with Gasteiger partial charge in [-0.05, 0) is 12.3 Å². The van der Waals surface area contributed by atoms with Crippen molar-refractivity contribution >= 4 is 28.3 Å². The second-order valence-electron chi connectivity index (χ2n) is 2.71. The Labute approximate surface area is 81.3 Å². The fraction of sp³-hybridized carbons (Fsp3) is 0.714. The Morgan fingerprint density at radius 1 is 1.75 bits per heavy atom. The third-order valence-corrected chi connectivity index (χ3v) is 2.41. The van der Waals surface area contributed by atoms with E-state index in [0.717, 1.165) is 24.0 Å². The van der Waals surface area contributed by atoms with Crippen molar-refractivity contribution in [1.29, 1.82) is 0 Å². The molecule has 1 unspecified atom stereocenters. The van der Waals surface area contributed by atoms with Gasteiger partial charge in [-0.3, -0.25) is 0 Å². The minimum atomic E-state index is 0.589. The van der Waals surface area contributed by atoms with Gasteiger partial charge in [-0.1, -0.05) is 6.92 Å². The highest BCUT2D eigenvalue weighted by molar-refractivity contribution is 7.09. The summed E-state index contributed by atoms with van der Waals surface area (Å²) < 4.78 is 3.89. The number of hydrogen-bond donors (Lipinski definition) is 1. The molecule has 3 nitrogen and oxygen atoms in total.